The van der Waals surface area contributed by atoms with Crippen molar-refractivity contribution >= 4 is 35.2 Å². The number of rotatable bonds is 6. The number of carbonyl (C=O) groups excluding carboxylic acids is 3. The van der Waals surface area contributed by atoms with E-state index in [-0.39, 0.29) is 40.1 Å². The van der Waals surface area contributed by atoms with E-state index in [1.807, 2.05) is 0 Å². The molecule has 0 unspecified atom stereocenters. The maximum Gasteiger partial charge on any atom is 0.269 e. The van der Waals surface area contributed by atoms with Crippen molar-refractivity contribution in [2.24, 2.45) is 0 Å². The van der Waals surface area contributed by atoms with Crippen LogP contribution in [0.1, 0.15) is 43.0 Å². The molecule has 2 aromatic heterocycles. The first-order chi connectivity index (χ1) is 14.2. The zero-order chi connectivity index (χ0) is 22.0. The van der Waals surface area contributed by atoms with Crippen molar-refractivity contribution in [2.75, 3.05) is 5.32 Å². The molecule has 1 aromatic carbocycles. The number of aromatic amines is 1. The number of aromatic nitrogens is 3. The fourth-order valence-corrected chi connectivity index (χ4v) is 2.55. The van der Waals surface area contributed by atoms with Crippen LogP contribution in [0.5, 0.6) is 0 Å². The first-order valence-electron chi connectivity index (χ1n) is 8.13. The van der Waals surface area contributed by atoms with Gasteiger partial charge in [0, 0.05) is 6.07 Å². The molecule has 0 fully saturated rings. The largest absolute Gasteiger partial charge is 0.540 e. The number of hydrogen-bond acceptors (Lipinski definition) is 7. The highest BCUT2D eigenvalue weighted by Gasteiger charge is 2.18. The van der Waals surface area contributed by atoms with Gasteiger partial charge in [-0.2, -0.15) is 5.10 Å². The van der Waals surface area contributed by atoms with E-state index in [1.165, 1.54) is 13.0 Å². The van der Waals surface area contributed by atoms with Gasteiger partial charge < -0.3 is 25.0 Å². The first kappa shape index (κ1) is 20.9. The van der Waals surface area contributed by atoms with Gasteiger partial charge in [0.05, 0.1) is 22.8 Å². The molecule has 0 aliphatic heterocycles. The minimum absolute atomic E-state index is 0.0565. The topological polar surface area (TPSA) is 153 Å². The normalized spacial score (nSPS) is 10.7. The van der Waals surface area contributed by atoms with Crippen molar-refractivity contribution in [1.82, 2.24) is 20.5 Å². The lowest BCUT2D eigenvalue weighted by molar-refractivity contribution is -0.257. The highest BCUT2D eigenvalue weighted by Crippen LogP contribution is 2.21. The molecule has 2 amide bonds. The van der Waals surface area contributed by atoms with Gasteiger partial charge in [0.15, 0.2) is 17.5 Å². The molecule has 30 heavy (non-hydrogen) atoms. The van der Waals surface area contributed by atoms with Crippen LogP contribution in [-0.2, 0) is 6.54 Å². The number of oxazole rings is 1. The van der Waals surface area contributed by atoms with Gasteiger partial charge in [0.25, 0.3) is 11.8 Å². The van der Waals surface area contributed by atoms with E-state index in [0.29, 0.717) is 12.1 Å². The second kappa shape index (κ2) is 8.29. The number of benzene rings is 1. The van der Waals surface area contributed by atoms with E-state index in [9.17, 15) is 28.3 Å². The molecule has 0 atom stereocenters. The number of anilines is 1. The fourth-order valence-electron chi connectivity index (χ4n) is 2.32. The Morgan fingerprint density at radius 2 is 1.90 bits per heavy atom. The van der Waals surface area contributed by atoms with Gasteiger partial charge in [-0.25, -0.2) is 13.8 Å². The molecule has 0 bridgehead atoms. The molecule has 3 rings (SSSR count). The molecule has 0 radical (unpaired) electrons. The smallest absolute Gasteiger partial charge is 0.269 e. The summed E-state index contributed by atoms with van der Waals surface area (Å²) in [7, 11) is 0. The number of amides is 2. The lowest BCUT2D eigenvalue weighted by Gasteiger charge is -2.05. The number of H-pyrrole nitrogens is 1. The number of aryl methyl sites for hydroxylation is 1. The highest BCUT2D eigenvalue weighted by atomic mass is 35.5. The highest BCUT2D eigenvalue weighted by molar-refractivity contribution is 6.34. The molecule has 0 aliphatic carbocycles. The van der Waals surface area contributed by atoms with E-state index in [1.54, 1.807) is 0 Å². The number of carboxylic acids is 1. The third-order valence-corrected chi connectivity index (χ3v) is 4.11. The Kier molecular flexibility index (Phi) is 5.78. The van der Waals surface area contributed by atoms with E-state index in [0.717, 1.165) is 0 Å². The van der Waals surface area contributed by atoms with Crippen molar-refractivity contribution in [2.45, 2.75) is 13.5 Å². The second-order valence-electron chi connectivity index (χ2n) is 5.86. The van der Waals surface area contributed by atoms with Crippen LogP contribution < -0.4 is 15.7 Å². The minimum Gasteiger partial charge on any atom is -0.540 e. The molecular formula is C17H11ClF2N5O5-. The molecule has 0 aliphatic rings. The van der Waals surface area contributed by atoms with Crippen molar-refractivity contribution in [3.05, 3.63) is 63.5 Å². The monoisotopic (exact) mass is 438 g/mol. The van der Waals surface area contributed by atoms with Crippen molar-refractivity contribution in [1.29, 1.82) is 0 Å². The summed E-state index contributed by atoms with van der Waals surface area (Å²) in [6, 6.07) is 2.47. The standard InChI is InChI=1S/C17H12ClF2N5O5/c1-6-12(30-16(22-6)17(28)29)5-21-15(27)11-4-13(25-24-11)23-14(26)7-2-9(19)10(20)3-8(7)18/h2-4H,5H2,1H3,(H,21,27)(H,28,29)(H2,23,24,25,26)/p-1. The third kappa shape index (κ3) is 4.43. The Bertz CT molecular complexity index is 1160. The maximum atomic E-state index is 13.3. The van der Waals surface area contributed by atoms with Crippen molar-refractivity contribution < 1.29 is 32.7 Å². The Hall–Kier alpha value is -3.80. The number of halogens is 3. The quantitative estimate of drug-likeness (QED) is 0.488. The molecule has 3 N–H and O–H groups in total. The summed E-state index contributed by atoms with van der Waals surface area (Å²) in [6.45, 7) is 1.32. The molecule has 2 heterocycles. The Morgan fingerprint density at radius 1 is 1.20 bits per heavy atom. The summed E-state index contributed by atoms with van der Waals surface area (Å²) in [6.07, 6.45) is 0. The maximum absolute atomic E-state index is 13.3. The van der Waals surface area contributed by atoms with Crippen LogP contribution in [0.2, 0.25) is 5.02 Å². The van der Waals surface area contributed by atoms with E-state index >= 15 is 0 Å². The Balaban J connectivity index is 1.64. The van der Waals surface area contributed by atoms with Gasteiger partial charge in [0.1, 0.15) is 17.4 Å². The molecule has 0 spiro atoms. The summed E-state index contributed by atoms with van der Waals surface area (Å²) >= 11 is 5.74. The number of carboxylic acid groups (broad SMARTS) is 1. The van der Waals surface area contributed by atoms with Crippen molar-refractivity contribution in [3.63, 3.8) is 0 Å². The molecule has 3 aromatic rings. The molecule has 156 valence electrons. The first-order valence-corrected chi connectivity index (χ1v) is 8.50. The third-order valence-electron chi connectivity index (χ3n) is 3.80. The Morgan fingerprint density at radius 3 is 2.57 bits per heavy atom. The van der Waals surface area contributed by atoms with E-state index in [4.69, 9.17) is 16.0 Å². The van der Waals surface area contributed by atoms with Gasteiger partial charge in [-0.3, -0.25) is 14.7 Å². The summed E-state index contributed by atoms with van der Waals surface area (Å²) in [5, 5.41) is 21.2. The average molecular weight is 439 g/mol. The molecule has 0 saturated carbocycles. The second-order valence-corrected chi connectivity index (χ2v) is 6.27. The van der Waals surface area contributed by atoms with Crippen LogP contribution in [-0.4, -0.2) is 33.0 Å². The van der Waals surface area contributed by atoms with Crippen LogP contribution in [0, 0.1) is 18.6 Å². The zero-order valence-electron chi connectivity index (χ0n) is 15.0. The fraction of sp³-hybridized carbons (Fsp3) is 0.118. The summed E-state index contributed by atoms with van der Waals surface area (Å²) in [4.78, 5) is 38.7. The predicted molar refractivity (Wildman–Crippen MR) is 94.6 cm³/mol. The Labute approximate surface area is 171 Å². The minimum atomic E-state index is -1.59. The van der Waals surface area contributed by atoms with Crippen LogP contribution in [0.15, 0.2) is 22.6 Å². The van der Waals surface area contributed by atoms with Crippen molar-refractivity contribution in [3.8, 4) is 0 Å². The predicted octanol–water partition coefficient (Wildman–Crippen LogP) is 1.18. The van der Waals surface area contributed by atoms with Gasteiger partial charge in [-0.15, -0.1) is 0 Å². The van der Waals surface area contributed by atoms with Crippen LogP contribution in [0.3, 0.4) is 0 Å². The molecule has 0 saturated heterocycles. The van der Waals surface area contributed by atoms with E-state index < -0.39 is 35.3 Å². The number of nitrogens with one attached hydrogen (secondary N) is 3. The van der Waals surface area contributed by atoms with Gasteiger partial charge in [-0.05, 0) is 19.1 Å². The van der Waals surface area contributed by atoms with Gasteiger partial charge in [-0.1, -0.05) is 11.6 Å². The number of aromatic carboxylic acids is 1. The molecular weight excluding hydrogens is 428 g/mol. The lowest BCUT2D eigenvalue weighted by Crippen LogP contribution is -2.23. The number of hydrogen-bond donors (Lipinski definition) is 3. The van der Waals surface area contributed by atoms with Crippen LogP contribution in [0.25, 0.3) is 0 Å². The number of nitrogens with zero attached hydrogens (tertiary/aromatic N) is 2. The van der Waals surface area contributed by atoms with Crippen LogP contribution in [0.4, 0.5) is 14.6 Å². The zero-order valence-corrected chi connectivity index (χ0v) is 15.8. The summed E-state index contributed by atoms with van der Waals surface area (Å²) < 4.78 is 31.4. The lowest BCUT2D eigenvalue weighted by atomic mass is 10.2. The van der Waals surface area contributed by atoms with Gasteiger partial charge in [0.2, 0.25) is 5.89 Å². The SMILES string of the molecule is Cc1nc(C(=O)[O-])oc1CNC(=O)c1cc(NC(=O)c2cc(F)c(F)cc2Cl)n[nH]1. The number of carbonyl (C=O) groups is 3. The average Bonchev–Trinajstić information content (AvgIpc) is 3.29. The molecule has 13 heteroatoms. The molecule has 10 nitrogen and oxygen atoms in total. The van der Waals surface area contributed by atoms with E-state index in [2.05, 4.69) is 25.8 Å². The summed E-state index contributed by atoms with van der Waals surface area (Å²) in [5.74, 6) is -6.15. The van der Waals surface area contributed by atoms with Crippen LogP contribution >= 0.6 is 11.6 Å². The summed E-state index contributed by atoms with van der Waals surface area (Å²) in [5.41, 5.74) is -0.122. The van der Waals surface area contributed by atoms with Gasteiger partial charge >= 0.3 is 0 Å².